The van der Waals surface area contributed by atoms with Gasteiger partial charge in [-0.1, -0.05) is 71.5 Å². The van der Waals surface area contributed by atoms with E-state index in [-0.39, 0.29) is 19.0 Å². The van der Waals surface area contributed by atoms with Crippen LogP contribution in [0.3, 0.4) is 0 Å². The van der Waals surface area contributed by atoms with Crippen LogP contribution in [-0.2, 0) is 33.4 Å². The van der Waals surface area contributed by atoms with Gasteiger partial charge in [0.2, 0.25) is 17.9 Å². The summed E-state index contributed by atoms with van der Waals surface area (Å²) < 4.78 is 8.78. The van der Waals surface area contributed by atoms with Crippen molar-refractivity contribution in [3.05, 3.63) is 77.7 Å². The van der Waals surface area contributed by atoms with Crippen molar-refractivity contribution in [1.82, 2.24) is 20.6 Å². The summed E-state index contributed by atoms with van der Waals surface area (Å²) in [5, 5.41) is 14.7. The number of rotatable bonds is 7. The summed E-state index contributed by atoms with van der Waals surface area (Å²) in [5.74, 6) is -3.96. The van der Waals surface area contributed by atoms with E-state index < -0.39 is 29.9 Å². The number of aromatic nitrogens is 2. The molecule has 5 N–H and O–H groups in total. The zero-order valence-electron chi connectivity index (χ0n) is 28.0. The molecule has 2 amide bonds. The number of ether oxygens (including phenoxy) is 2. The molecule has 4 rings (SSSR count). The second-order valence-electron chi connectivity index (χ2n) is 8.42. The van der Waals surface area contributed by atoms with Crippen LogP contribution in [0.2, 0.25) is 0 Å². The fourth-order valence-corrected chi connectivity index (χ4v) is 3.55. The van der Waals surface area contributed by atoms with Crippen LogP contribution in [0.25, 0.3) is 27.9 Å². The molecule has 1 atom stereocenters. The standard InChI is InChI=1S/C14H14N2O3.C9H7NO.C6H9NO5.2C2H6.CH4.I2/c1-9(17)16-13(14(18)19-2)7-10-8-15-12-6-4-3-5-11(10)12;11-6-7-5-10-9-4-2-1-3-8(7)9;1-3(8)7-4(5(9)10)6(11)12-2;2*1-2;;1-2/h3-8,15H,1-2H3,(H,16,17);1-6,10H;4H,1-2H3,(H,7,8)(H,9,10);2*1-2H3;1H4;/b13-7-;;;;;;. The first-order valence-corrected chi connectivity index (χ1v) is 20.7. The SMILES string of the molecule is C.CC.CC.COC(=O)/C(=C/c1c[nH]c2ccccc12)NC(C)=O.COC(=O)C(NC(C)=O)C(=O)O.II.O=Cc1c[nH]c2ccccc12. The molecular weight excluding hydrogens is 862 g/mol. The quantitative estimate of drug-likeness (QED) is 0.0426. The molecule has 0 spiro atoms. The summed E-state index contributed by atoms with van der Waals surface area (Å²) in [6.07, 6.45) is 5.94. The molecule has 0 aliphatic carbocycles. The van der Waals surface area contributed by atoms with Gasteiger partial charge in [0.05, 0.1) is 14.2 Å². The number of nitrogens with one attached hydrogen (secondary N) is 4. The maximum absolute atomic E-state index is 11.6. The molecule has 2 aromatic heterocycles. The smallest absolute Gasteiger partial charge is 0.354 e. The first kappa shape index (κ1) is 49.1. The first-order chi connectivity index (χ1) is 23.0. The molecule has 13 nitrogen and oxygen atoms in total. The van der Waals surface area contributed by atoms with Gasteiger partial charge in [0.1, 0.15) is 5.70 Å². The van der Waals surface area contributed by atoms with Crippen molar-refractivity contribution in [2.75, 3.05) is 14.2 Å². The normalized spacial score (nSPS) is 9.88. The van der Waals surface area contributed by atoms with E-state index in [2.05, 4.69) is 62.0 Å². The Kier molecular flexibility index (Phi) is 28.8. The van der Waals surface area contributed by atoms with Gasteiger partial charge in [-0.2, -0.15) is 0 Å². The van der Waals surface area contributed by atoms with Crippen LogP contribution in [-0.4, -0.2) is 71.3 Å². The Morgan fingerprint density at radius 1 is 0.776 bits per heavy atom. The van der Waals surface area contributed by atoms with Crippen molar-refractivity contribution >= 4 is 101 Å². The lowest BCUT2D eigenvalue weighted by molar-refractivity contribution is -0.155. The molecule has 0 radical (unpaired) electrons. The topological polar surface area (TPSA) is 197 Å². The number of benzene rings is 2. The van der Waals surface area contributed by atoms with E-state index in [1.54, 1.807) is 18.5 Å². The summed E-state index contributed by atoms with van der Waals surface area (Å²) in [6, 6.07) is 13.8. The number of H-pyrrole nitrogens is 2. The second-order valence-corrected chi connectivity index (χ2v) is 8.42. The van der Waals surface area contributed by atoms with Crippen LogP contribution in [0.1, 0.15) is 64.9 Å². The molecule has 0 saturated heterocycles. The van der Waals surface area contributed by atoms with E-state index in [1.807, 2.05) is 81.5 Å². The van der Waals surface area contributed by atoms with Gasteiger partial charge < -0.3 is 35.2 Å². The van der Waals surface area contributed by atoms with Crippen molar-refractivity contribution in [1.29, 1.82) is 0 Å². The Hall–Kier alpha value is -4.26. The average molecular weight is 909 g/mol. The number of fused-ring (bicyclic) bond motifs is 2. The maximum Gasteiger partial charge on any atom is 0.354 e. The van der Waals surface area contributed by atoms with E-state index in [1.165, 1.54) is 14.0 Å². The van der Waals surface area contributed by atoms with Crippen molar-refractivity contribution in [2.24, 2.45) is 0 Å². The van der Waals surface area contributed by atoms with Gasteiger partial charge in [-0.25, -0.2) is 14.4 Å². The van der Waals surface area contributed by atoms with Crippen molar-refractivity contribution in [3.63, 3.8) is 0 Å². The van der Waals surface area contributed by atoms with Crippen molar-refractivity contribution < 1.29 is 43.3 Å². The van der Waals surface area contributed by atoms with E-state index in [4.69, 9.17) is 5.11 Å². The van der Waals surface area contributed by atoms with Crippen LogP contribution in [0.4, 0.5) is 0 Å². The van der Waals surface area contributed by atoms with Crippen LogP contribution in [0.5, 0.6) is 0 Å². The van der Waals surface area contributed by atoms with Gasteiger partial charge >= 0.3 is 17.9 Å². The van der Waals surface area contributed by atoms with Crippen molar-refractivity contribution in [3.8, 4) is 0 Å². The van der Waals surface area contributed by atoms with E-state index in [9.17, 15) is 28.8 Å². The zero-order chi connectivity index (χ0) is 37.2. The maximum atomic E-state index is 11.6. The number of methoxy groups -OCH3 is 2. The number of carboxylic acids is 1. The number of amides is 2. The first-order valence-electron chi connectivity index (χ1n) is 14.4. The molecular formula is C34H46I2N4O9. The number of aldehydes is 1. The third-order valence-corrected chi connectivity index (χ3v) is 5.42. The largest absolute Gasteiger partial charge is 0.479 e. The zero-order valence-corrected chi connectivity index (χ0v) is 32.3. The minimum absolute atomic E-state index is 0. The molecule has 2 aromatic carbocycles. The van der Waals surface area contributed by atoms with Gasteiger partial charge in [0.25, 0.3) is 0 Å². The lowest BCUT2D eigenvalue weighted by Crippen LogP contribution is -2.46. The lowest BCUT2D eigenvalue weighted by atomic mass is 10.1. The molecule has 0 fully saturated rings. The molecule has 1 unspecified atom stereocenters. The fraction of sp³-hybridized carbons (Fsp3) is 0.294. The Morgan fingerprint density at radius 2 is 1.22 bits per heavy atom. The molecule has 0 bridgehead atoms. The molecule has 15 heteroatoms. The number of carboxylic acid groups (broad SMARTS) is 1. The van der Waals surface area contributed by atoms with E-state index in [0.717, 1.165) is 53.3 Å². The number of aromatic amines is 2. The minimum atomic E-state index is -1.62. The van der Waals surface area contributed by atoms with Gasteiger partial charge in [-0.15, -0.1) is 0 Å². The highest BCUT2D eigenvalue weighted by atomic mass is 128. The second kappa shape index (κ2) is 28.7. The Balaban J connectivity index is -0.000000618. The number of para-hydroxylation sites is 2. The van der Waals surface area contributed by atoms with Crippen LogP contribution in [0, 0.1) is 0 Å². The molecule has 2 heterocycles. The average Bonchev–Trinajstić information content (AvgIpc) is 3.73. The Labute approximate surface area is 310 Å². The molecule has 0 aliphatic heterocycles. The van der Waals surface area contributed by atoms with Crippen LogP contribution < -0.4 is 10.6 Å². The number of hydrogen-bond acceptors (Lipinski definition) is 8. The minimum Gasteiger partial charge on any atom is -0.479 e. The highest BCUT2D eigenvalue weighted by Gasteiger charge is 2.27. The Bertz CT molecular complexity index is 1630. The number of aliphatic carboxylic acids is 1. The molecule has 270 valence electrons. The van der Waals surface area contributed by atoms with Gasteiger partial charge in [0, 0.05) is 96.4 Å². The summed E-state index contributed by atoms with van der Waals surface area (Å²) >= 11 is 4.24. The number of hydrogen-bond donors (Lipinski definition) is 5. The summed E-state index contributed by atoms with van der Waals surface area (Å²) in [6.45, 7) is 10.4. The number of carbonyl (C=O) groups excluding carboxylic acids is 5. The molecule has 0 aliphatic rings. The predicted octanol–water partition coefficient (Wildman–Crippen LogP) is 7.01. The summed E-state index contributed by atoms with van der Waals surface area (Å²) in [7, 11) is 2.31. The van der Waals surface area contributed by atoms with Crippen molar-refractivity contribution in [2.45, 2.75) is 55.0 Å². The highest BCUT2D eigenvalue weighted by molar-refractivity contribution is 15.0. The van der Waals surface area contributed by atoms with E-state index in [0.29, 0.717) is 0 Å². The monoisotopic (exact) mass is 908 g/mol. The molecule has 49 heavy (non-hydrogen) atoms. The van der Waals surface area contributed by atoms with Crippen LogP contribution >= 0.6 is 37.2 Å². The van der Waals surface area contributed by atoms with Gasteiger partial charge in [-0.3, -0.25) is 14.4 Å². The highest BCUT2D eigenvalue weighted by Crippen LogP contribution is 2.20. The third-order valence-electron chi connectivity index (χ3n) is 5.42. The third kappa shape index (κ3) is 17.6. The predicted molar refractivity (Wildman–Crippen MR) is 211 cm³/mol. The Morgan fingerprint density at radius 3 is 1.61 bits per heavy atom. The summed E-state index contributed by atoms with van der Waals surface area (Å²) in [4.78, 5) is 70.6. The van der Waals surface area contributed by atoms with Gasteiger partial charge in [0.15, 0.2) is 6.29 Å². The molecule has 0 saturated carbocycles. The van der Waals surface area contributed by atoms with Crippen LogP contribution in [0.15, 0.2) is 66.6 Å². The van der Waals surface area contributed by atoms with E-state index >= 15 is 0 Å². The van der Waals surface area contributed by atoms with Gasteiger partial charge in [-0.05, 0) is 18.2 Å². The number of halogens is 2. The summed E-state index contributed by atoms with van der Waals surface area (Å²) in [5.41, 5.74) is 3.61. The molecule has 4 aromatic rings. The number of esters is 2. The fourth-order valence-electron chi connectivity index (χ4n) is 3.55. The lowest BCUT2D eigenvalue weighted by Gasteiger charge is -2.09. The number of carbonyl (C=O) groups is 6.